The highest BCUT2D eigenvalue weighted by atomic mass is 35.5. The van der Waals surface area contributed by atoms with Crippen molar-refractivity contribution in [2.45, 2.75) is 25.3 Å². The van der Waals surface area contributed by atoms with Gasteiger partial charge in [-0.15, -0.1) is 11.3 Å². The normalized spacial score (nSPS) is 19.2. The zero-order valence-electron chi connectivity index (χ0n) is 19.3. The highest BCUT2D eigenvalue weighted by Gasteiger charge is 2.34. The van der Waals surface area contributed by atoms with E-state index in [9.17, 15) is 14.3 Å². The van der Waals surface area contributed by atoms with E-state index in [0.29, 0.717) is 41.6 Å². The number of thiophene rings is 1. The number of ether oxygens (including phenoxy) is 1. The van der Waals surface area contributed by atoms with Gasteiger partial charge >= 0.3 is 5.97 Å². The molecule has 1 aliphatic heterocycles. The highest BCUT2D eigenvalue weighted by molar-refractivity contribution is 7.10. The molecule has 0 bridgehead atoms. The lowest BCUT2D eigenvalue weighted by Crippen LogP contribution is -2.44. The molecular weight excluding hydrogens is 489 g/mol. The summed E-state index contributed by atoms with van der Waals surface area (Å²) in [5.74, 6) is 4.87. The monoisotopic (exact) mass is 515 g/mol. The summed E-state index contributed by atoms with van der Waals surface area (Å²) in [5, 5.41) is 12.9. The molecule has 2 unspecified atom stereocenters. The number of methoxy groups -OCH3 is 1. The molecule has 3 atom stereocenters. The van der Waals surface area contributed by atoms with E-state index in [1.54, 1.807) is 18.7 Å². The van der Waals surface area contributed by atoms with Crippen LogP contribution in [0.3, 0.4) is 0 Å². The Morgan fingerprint density at radius 2 is 2.29 bits per heavy atom. The van der Waals surface area contributed by atoms with Crippen molar-refractivity contribution in [1.82, 2.24) is 9.88 Å². The van der Waals surface area contributed by atoms with Crippen LogP contribution in [-0.4, -0.2) is 47.7 Å². The van der Waals surface area contributed by atoms with Gasteiger partial charge in [0.1, 0.15) is 16.4 Å². The second kappa shape index (κ2) is 11.4. The van der Waals surface area contributed by atoms with Crippen molar-refractivity contribution in [3.63, 3.8) is 0 Å². The van der Waals surface area contributed by atoms with Crippen molar-refractivity contribution in [3.05, 3.63) is 57.1 Å². The first-order valence-corrected chi connectivity index (χ1v) is 12.7. The minimum absolute atomic E-state index is 0.00101. The van der Waals surface area contributed by atoms with E-state index >= 15 is 0 Å². The quantitative estimate of drug-likeness (QED) is 0.433. The summed E-state index contributed by atoms with van der Waals surface area (Å²) in [6.45, 7) is 1.56. The first-order valence-electron chi connectivity index (χ1n) is 11.4. The molecule has 2 aromatic heterocycles. The summed E-state index contributed by atoms with van der Waals surface area (Å²) >= 11 is 7.75. The van der Waals surface area contributed by atoms with E-state index in [4.69, 9.17) is 22.1 Å². The standard InChI is InChI=1S/C26H27ClFN3O3S/c1-34-17-5-7-23-18(13-17)25(20(27)14-30-23)22(29)6-4-16-8-11-31(15-19(16)26(32)33)10-2-3-24-21(28)9-12-35-24/h5,7,9,12-14,16,19,22H,4,6,8,10-11,15,29H2,1H3,(H,32,33)/t16?,19?,22-/m1/s1. The fourth-order valence-corrected chi connectivity index (χ4v) is 5.59. The molecule has 3 heterocycles. The number of aliphatic carboxylic acids is 1. The van der Waals surface area contributed by atoms with Gasteiger partial charge in [-0.2, -0.15) is 0 Å². The van der Waals surface area contributed by atoms with E-state index in [1.807, 2.05) is 23.1 Å². The summed E-state index contributed by atoms with van der Waals surface area (Å²) in [6, 6.07) is 6.62. The summed E-state index contributed by atoms with van der Waals surface area (Å²) in [6.07, 6.45) is 3.61. The van der Waals surface area contributed by atoms with Crippen LogP contribution in [0.4, 0.5) is 4.39 Å². The van der Waals surface area contributed by atoms with Crippen molar-refractivity contribution in [3.8, 4) is 17.6 Å². The molecule has 3 N–H and O–H groups in total. The van der Waals surface area contributed by atoms with Crippen LogP contribution in [0.1, 0.15) is 35.7 Å². The van der Waals surface area contributed by atoms with Crippen molar-refractivity contribution in [1.29, 1.82) is 0 Å². The van der Waals surface area contributed by atoms with Crippen LogP contribution in [0, 0.1) is 29.5 Å². The van der Waals surface area contributed by atoms with Gasteiger partial charge in [0.2, 0.25) is 0 Å². The fourth-order valence-electron chi connectivity index (χ4n) is 4.66. The minimum Gasteiger partial charge on any atom is -0.497 e. The summed E-state index contributed by atoms with van der Waals surface area (Å²) in [5.41, 5.74) is 8.17. The molecule has 1 fully saturated rings. The number of hydrogen-bond acceptors (Lipinski definition) is 6. The molecule has 0 spiro atoms. The number of piperidine rings is 1. The molecule has 0 saturated carbocycles. The third kappa shape index (κ3) is 5.93. The molecule has 6 nitrogen and oxygen atoms in total. The molecule has 0 amide bonds. The largest absolute Gasteiger partial charge is 0.497 e. The highest BCUT2D eigenvalue weighted by Crippen LogP contribution is 2.35. The zero-order chi connectivity index (χ0) is 24.9. The first kappa shape index (κ1) is 25.4. The summed E-state index contributed by atoms with van der Waals surface area (Å²) in [4.78, 5) is 18.9. The van der Waals surface area contributed by atoms with Gasteiger partial charge in [-0.3, -0.25) is 14.7 Å². The Labute approximate surface area is 212 Å². The lowest BCUT2D eigenvalue weighted by atomic mass is 9.81. The number of pyridine rings is 1. The van der Waals surface area contributed by atoms with Gasteiger partial charge in [0.05, 0.1) is 30.1 Å². The molecule has 1 aromatic carbocycles. The molecule has 0 radical (unpaired) electrons. The zero-order valence-corrected chi connectivity index (χ0v) is 20.9. The van der Waals surface area contributed by atoms with Crippen molar-refractivity contribution in [2.75, 3.05) is 26.7 Å². The maximum absolute atomic E-state index is 13.5. The number of hydrogen-bond donors (Lipinski definition) is 2. The average molecular weight is 516 g/mol. The number of halogens is 2. The Morgan fingerprint density at radius 3 is 3.00 bits per heavy atom. The number of likely N-dealkylation sites (tertiary alicyclic amines) is 1. The van der Waals surface area contributed by atoms with Crippen molar-refractivity contribution >= 4 is 39.8 Å². The van der Waals surface area contributed by atoms with Gasteiger partial charge in [-0.1, -0.05) is 23.4 Å². The van der Waals surface area contributed by atoms with E-state index in [1.165, 1.54) is 17.4 Å². The van der Waals surface area contributed by atoms with Gasteiger partial charge in [0.15, 0.2) is 0 Å². The predicted octanol–water partition coefficient (Wildman–Crippen LogP) is 4.95. The molecule has 1 saturated heterocycles. The number of carboxylic acids is 1. The van der Waals surface area contributed by atoms with Crippen LogP contribution < -0.4 is 10.5 Å². The number of nitrogens with zero attached hydrogens (tertiary/aromatic N) is 2. The van der Waals surface area contributed by atoms with Gasteiger partial charge in [-0.25, -0.2) is 4.39 Å². The van der Waals surface area contributed by atoms with E-state index < -0.39 is 11.9 Å². The fraction of sp³-hybridized carbons (Fsp3) is 0.385. The topological polar surface area (TPSA) is 88.7 Å². The number of fused-ring (bicyclic) bond motifs is 1. The SMILES string of the molecule is COc1ccc2ncc(Cl)c([C@H](N)CCC3CCN(CC#Cc4sccc4F)CC3C(=O)O)c2c1. The lowest BCUT2D eigenvalue weighted by Gasteiger charge is -2.36. The third-order valence-electron chi connectivity index (χ3n) is 6.57. The average Bonchev–Trinajstić information content (AvgIpc) is 3.26. The molecule has 1 aliphatic rings. The smallest absolute Gasteiger partial charge is 0.308 e. The van der Waals surface area contributed by atoms with Gasteiger partial charge in [-0.05, 0) is 66.9 Å². The number of nitrogens with two attached hydrogens (primary N) is 1. The second-order valence-electron chi connectivity index (χ2n) is 8.71. The van der Waals surface area contributed by atoms with E-state index in [-0.39, 0.29) is 17.8 Å². The Balaban J connectivity index is 1.41. The van der Waals surface area contributed by atoms with Crippen LogP contribution in [0.15, 0.2) is 35.8 Å². The molecular formula is C26H27ClFN3O3S. The predicted molar refractivity (Wildman–Crippen MR) is 136 cm³/mol. The Bertz CT molecular complexity index is 1270. The number of carboxylic acid groups (broad SMARTS) is 1. The molecule has 3 aromatic rings. The third-order valence-corrected chi connectivity index (χ3v) is 7.67. The van der Waals surface area contributed by atoms with Crippen molar-refractivity contribution < 1.29 is 19.0 Å². The van der Waals surface area contributed by atoms with Gasteiger partial charge in [0, 0.05) is 24.2 Å². The Morgan fingerprint density at radius 1 is 1.46 bits per heavy atom. The number of benzene rings is 1. The molecule has 4 rings (SSSR count). The van der Waals surface area contributed by atoms with E-state index in [0.717, 1.165) is 29.4 Å². The second-order valence-corrected chi connectivity index (χ2v) is 10.0. The van der Waals surface area contributed by atoms with Gasteiger partial charge < -0.3 is 15.6 Å². The molecule has 35 heavy (non-hydrogen) atoms. The first-order chi connectivity index (χ1) is 16.9. The molecule has 184 valence electrons. The van der Waals surface area contributed by atoms with Crippen LogP contribution in [0.25, 0.3) is 10.9 Å². The van der Waals surface area contributed by atoms with Gasteiger partial charge in [0.25, 0.3) is 0 Å². The summed E-state index contributed by atoms with van der Waals surface area (Å²) in [7, 11) is 1.60. The number of rotatable bonds is 7. The Kier molecular flexibility index (Phi) is 8.24. The van der Waals surface area contributed by atoms with E-state index in [2.05, 4.69) is 16.8 Å². The lowest BCUT2D eigenvalue weighted by molar-refractivity contribution is -0.146. The maximum Gasteiger partial charge on any atom is 0.308 e. The maximum atomic E-state index is 13.5. The van der Waals surface area contributed by atoms with Crippen LogP contribution in [-0.2, 0) is 4.79 Å². The van der Waals surface area contributed by atoms with Crippen LogP contribution in [0.5, 0.6) is 5.75 Å². The Hall–Kier alpha value is -2.70. The molecule has 9 heteroatoms. The van der Waals surface area contributed by atoms with Crippen LogP contribution >= 0.6 is 22.9 Å². The van der Waals surface area contributed by atoms with Crippen LogP contribution in [0.2, 0.25) is 5.02 Å². The number of aromatic nitrogens is 1. The van der Waals surface area contributed by atoms with Crippen molar-refractivity contribution in [2.24, 2.45) is 17.6 Å². The number of carbonyl (C=O) groups is 1. The summed E-state index contributed by atoms with van der Waals surface area (Å²) < 4.78 is 18.9. The molecule has 0 aliphatic carbocycles. The minimum atomic E-state index is -0.817.